The molecule has 0 bridgehead atoms. The van der Waals surface area contributed by atoms with Crippen LogP contribution in [-0.2, 0) is 11.8 Å². The normalized spacial score (nSPS) is 29.9. The smallest absolute Gasteiger partial charge is 0.264 e. The first-order valence-electron chi connectivity index (χ1n) is 12.8. The molecule has 2 aliphatic carbocycles. The van der Waals surface area contributed by atoms with Crippen molar-refractivity contribution in [2.75, 3.05) is 30.3 Å². The lowest BCUT2D eigenvalue weighted by Gasteiger charge is -2.40. The van der Waals surface area contributed by atoms with Gasteiger partial charge in [0.1, 0.15) is 5.82 Å². The molecule has 2 aliphatic heterocycles. The zero-order chi connectivity index (χ0) is 23.6. The van der Waals surface area contributed by atoms with E-state index in [9.17, 15) is 4.79 Å². The molecule has 1 spiro atoms. The summed E-state index contributed by atoms with van der Waals surface area (Å²) in [4.78, 5) is 20.2. The van der Waals surface area contributed by atoms with Crippen molar-refractivity contribution in [3.05, 3.63) is 39.1 Å². The quantitative estimate of drug-likeness (QED) is 0.680. The Morgan fingerprint density at radius 1 is 1.15 bits per heavy atom. The number of fused-ring (bicyclic) bond motifs is 1. The highest BCUT2D eigenvalue weighted by atomic mass is 35.5. The fourth-order valence-corrected chi connectivity index (χ4v) is 7.32. The first-order chi connectivity index (χ1) is 16.3. The predicted octanol–water partition coefficient (Wildman–Crippen LogP) is 4.80. The van der Waals surface area contributed by atoms with Crippen molar-refractivity contribution in [1.29, 1.82) is 0 Å². The third-order valence-electron chi connectivity index (χ3n) is 9.47. The Labute approximate surface area is 206 Å². The molecule has 2 N–H and O–H groups in total. The SMILES string of the molecule is Cc1ccc(-c2c(N)nc(N3CCC4(CC3)CO[C@@H](C3CCC5CCC53)C4)n(C)c2=O)cc1Cl. The molecule has 2 aromatic rings. The summed E-state index contributed by atoms with van der Waals surface area (Å²) in [5.41, 5.74) is 8.57. The van der Waals surface area contributed by atoms with Crippen LogP contribution in [0.5, 0.6) is 0 Å². The summed E-state index contributed by atoms with van der Waals surface area (Å²) in [6.07, 6.45) is 9.47. The summed E-state index contributed by atoms with van der Waals surface area (Å²) in [5.74, 6) is 3.63. The van der Waals surface area contributed by atoms with Crippen LogP contribution >= 0.6 is 11.6 Å². The van der Waals surface area contributed by atoms with Crippen LogP contribution in [0.3, 0.4) is 0 Å². The van der Waals surface area contributed by atoms with Crippen LogP contribution in [0.4, 0.5) is 11.8 Å². The number of nitrogens with zero attached hydrogens (tertiary/aromatic N) is 3. The Kier molecular flexibility index (Phi) is 5.45. The van der Waals surface area contributed by atoms with Crippen molar-refractivity contribution in [2.45, 2.75) is 58.0 Å². The van der Waals surface area contributed by atoms with E-state index in [-0.39, 0.29) is 16.8 Å². The van der Waals surface area contributed by atoms with E-state index in [4.69, 9.17) is 27.1 Å². The maximum atomic E-state index is 13.3. The summed E-state index contributed by atoms with van der Waals surface area (Å²) >= 11 is 6.30. The van der Waals surface area contributed by atoms with Gasteiger partial charge in [-0.15, -0.1) is 0 Å². The van der Waals surface area contributed by atoms with Crippen molar-refractivity contribution < 1.29 is 4.74 Å². The minimum absolute atomic E-state index is 0.136. The van der Waals surface area contributed by atoms with Crippen LogP contribution in [0.2, 0.25) is 5.02 Å². The molecule has 6 rings (SSSR count). The molecule has 1 aromatic carbocycles. The topological polar surface area (TPSA) is 73.4 Å². The third-order valence-corrected chi connectivity index (χ3v) is 9.88. The number of piperidine rings is 1. The van der Waals surface area contributed by atoms with Gasteiger partial charge in [0.2, 0.25) is 5.95 Å². The van der Waals surface area contributed by atoms with E-state index in [1.165, 1.54) is 32.1 Å². The number of anilines is 2. The molecule has 2 saturated carbocycles. The maximum absolute atomic E-state index is 13.3. The van der Waals surface area contributed by atoms with Crippen molar-refractivity contribution in [2.24, 2.45) is 30.2 Å². The molecule has 34 heavy (non-hydrogen) atoms. The van der Waals surface area contributed by atoms with Gasteiger partial charge in [-0.25, -0.2) is 0 Å². The Bertz CT molecular complexity index is 1170. The molecular formula is C27H35ClN4O2. The van der Waals surface area contributed by atoms with E-state index in [0.29, 0.717) is 28.2 Å². The number of aromatic nitrogens is 2. The molecule has 4 fully saturated rings. The van der Waals surface area contributed by atoms with E-state index in [1.807, 2.05) is 19.1 Å². The van der Waals surface area contributed by atoms with Gasteiger partial charge in [0.05, 0.1) is 18.3 Å². The van der Waals surface area contributed by atoms with E-state index in [0.717, 1.165) is 55.9 Å². The van der Waals surface area contributed by atoms with Crippen LogP contribution in [0.15, 0.2) is 23.0 Å². The largest absolute Gasteiger partial charge is 0.383 e. The van der Waals surface area contributed by atoms with Gasteiger partial charge in [0.15, 0.2) is 0 Å². The molecule has 4 atom stereocenters. The second-order valence-electron chi connectivity index (χ2n) is 11.3. The van der Waals surface area contributed by atoms with Crippen LogP contribution in [-0.4, -0.2) is 35.4 Å². The predicted molar refractivity (Wildman–Crippen MR) is 136 cm³/mol. The molecule has 4 aliphatic rings. The molecule has 3 unspecified atom stereocenters. The summed E-state index contributed by atoms with van der Waals surface area (Å²) in [6.45, 7) is 4.58. The van der Waals surface area contributed by atoms with Gasteiger partial charge < -0.3 is 15.4 Å². The first kappa shape index (κ1) is 22.4. The number of nitrogens with two attached hydrogens (primary N) is 1. The molecule has 7 heteroatoms. The van der Waals surface area contributed by atoms with Crippen LogP contribution in [0, 0.1) is 30.1 Å². The molecule has 0 amide bonds. The Balaban J connectivity index is 1.18. The van der Waals surface area contributed by atoms with Gasteiger partial charge in [-0.1, -0.05) is 23.7 Å². The number of benzene rings is 1. The second kappa shape index (κ2) is 8.27. The Morgan fingerprint density at radius 2 is 1.88 bits per heavy atom. The number of aryl methyl sites for hydroxylation is 1. The maximum Gasteiger partial charge on any atom is 0.264 e. The van der Waals surface area contributed by atoms with Gasteiger partial charge in [-0.05, 0) is 92.2 Å². The molecule has 1 aromatic heterocycles. The van der Waals surface area contributed by atoms with Crippen LogP contribution in [0.25, 0.3) is 11.1 Å². The number of ether oxygens (including phenoxy) is 1. The van der Waals surface area contributed by atoms with E-state index >= 15 is 0 Å². The molecular weight excluding hydrogens is 448 g/mol. The number of nitrogen functional groups attached to an aromatic ring is 1. The minimum atomic E-state index is -0.136. The number of rotatable bonds is 3. The van der Waals surface area contributed by atoms with E-state index in [1.54, 1.807) is 17.7 Å². The molecule has 6 nitrogen and oxygen atoms in total. The van der Waals surface area contributed by atoms with Gasteiger partial charge in [0, 0.05) is 25.2 Å². The molecule has 3 heterocycles. The van der Waals surface area contributed by atoms with Crippen molar-refractivity contribution in [3.63, 3.8) is 0 Å². The van der Waals surface area contributed by atoms with Crippen LogP contribution < -0.4 is 16.2 Å². The zero-order valence-electron chi connectivity index (χ0n) is 20.2. The molecule has 182 valence electrons. The highest BCUT2D eigenvalue weighted by molar-refractivity contribution is 6.31. The lowest BCUT2D eigenvalue weighted by molar-refractivity contribution is 0.0185. The highest BCUT2D eigenvalue weighted by Crippen LogP contribution is 2.55. The standard InChI is InChI=1S/C27H35ClN4O2/c1-16-3-4-18(13-21(16)28)23-24(29)30-26(31(2)25(23)33)32-11-9-27(10-12-32)14-22(34-15-27)20-8-6-17-5-7-19(17)20/h3-4,13,17,19-20,22H,5-12,14-15,29H2,1-2H3/t17?,19?,20?,22-/m1/s1. The van der Waals surface area contributed by atoms with Crippen LogP contribution in [0.1, 0.15) is 50.5 Å². The number of hydrogen-bond donors (Lipinski definition) is 1. The van der Waals surface area contributed by atoms with Crippen molar-refractivity contribution in [3.8, 4) is 11.1 Å². The van der Waals surface area contributed by atoms with Gasteiger partial charge >= 0.3 is 0 Å². The van der Waals surface area contributed by atoms with Gasteiger partial charge in [-0.2, -0.15) is 4.98 Å². The molecule has 0 radical (unpaired) electrons. The van der Waals surface area contributed by atoms with Crippen molar-refractivity contribution >= 4 is 23.4 Å². The molecule has 2 saturated heterocycles. The second-order valence-corrected chi connectivity index (χ2v) is 11.7. The lowest BCUT2D eigenvalue weighted by Crippen LogP contribution is -2.43. The Hall–Kier alpha value is -2.05. The summed E-state index contributed by atoms with van der Waals surface area (Å²) < 4.78 is 8.09. The fraction of sp³-hybridized carbons (Fsp3) is 0.630. The third kappa shape index (κ3) is 3.56. The van der Waals surface area contributed by atoms with Gasteiger partial charge in [-0.3, -0.25) is 9.36 Å². The summed E-state index contributed by atoms with van der Waals surface area (Å²) in [7, 11) is 1.79. The average Bonchev–Trinajstić information content (AvgIpc) is 3.34. The van der Waals surface area contributed by atoms with E-state index in [2.05, 4.69) is 4.90 Å². The van der Waals surface area contributed by atoms with E-state index < -0.39 is 0 Å². The monoisotopic (exact) mass is 482 g/mol. The lowest BCUT2D eigenvalue weighted by atomic mass is 9.69. The van der Waals surface area contributed by atoms with Crippen molar-refractivity contribution in [1.82, 2.24) is 9.55 Å². The fourth-order valence-electron chi connectivity index (χ4n) is 7.14. The number of hydrogen-bond acceptors (Lipinski definition) is 5. The summed E-state index contributed by atoms with van der Waals surface area (Å²) in [6, 6.07) is 5.58. The summed E-state index contributed by atoms with van der Waals surface area (Å²) in [5, 5.41) is 0.617. The first-order valence-corrected chi connectivity index (χ1v) is 13.2. The van der Waals surface area contributed by atoms with Gasteiger partial charge in [0.25, 0.3) is 5.56 Å². The highest BCUT2D eigenvalue weighted by Gasteiger charge is 2.51. The minimum Gasteiger partial charge on any atom is -0.383 e. The zero-order valence-corrected chi connectivity index (χ0v) is 21.0. The average molecular weight is 483 g/mol. The number of halogens is 1. The Morgan fingerprint density at radius 3 is 2.56 bits per heavy atom.